The van der Waals surface area contributed by atoms with Gasteiger partial charge >= 0.3 is 5.97 Å². The molecule has 0 aliphatic rings. The maximum Gasteiger partial charge on any atom is 0.326 e. The molecule has 0 radical (unpaired) electrons. The Bertz CT molecular complexity index is 522. The highest BCUT2D eigenvalue weighted by atomic mass is 35.5. The monoisotopic (exact) mass is 299 g/mol. The van der Waals surface area contributed by atoms with Crippen LogP contribution in [0.1, 0.15) is 31.1 Å². The second-order valence-electron chi connectivity index (χ2n) is 5.46. The van der Waals surface area contributed by atoms with E-state index in [9.17, 15) is 14.7 Å². The molecule has 5 nitrogen and oxygen atoms in total. The summed E-state index contributed by atoms with van der Waals surface area (Å²) < 4.78 is 5.08. The van der Waals surface area contributed by atoms with Gasteiger partial charge in [0.15, 0.2) is 0 Å². The Labute approximate surface area is 122 Å². The maximum atomic E-state index is 12.2. The van der Waals surface area contributed by atoms with Gasteiger partial charge < -0.3 is 15.2 Å². The van der Waals surface area contributed by atoms with E-state index in [2.05, 4.69) is 5.32 Å². The highest BCUT2D eigenvalue weighted by Crippen LogP contribution is 2.25. The molecule has 1 aromatic carbocycles. The van der Waals surface area contributed by atoms with Gasteiger partial charge in [0.05, 0.1) is 12.7 Å². The van der Waals surface area contributed by atoms with Gasteiger partial charge in [-0.2, -0.15) is 0 Å². The Hall–Kier alpha value is -1.75. The summed E-state index contributed by atoms with van der Waals surface area (Å²) in [6.07, 6.45) is 0. The molecular weight excluding hydrogens is 282 g/mol. The molecule has 0 aliphatic heterocycles. The second-order valence-corrected chi connectivity index (χ2v) is 5.89. The Morgan fingerprint density at radius 2 is 1.95 bits per heavy atom. The van der Waals surface area contributed by atoms with Crippen molar-refractivity contribution in [3.8, 4) is 5.75 Å². The number of hydrogen-bond donors (Lipinski definition) is 2. The van der Waals surface area contributed by atoms with E-state index in [-0.39, 0.29) is 5.56 Å². The lowest BCUT2D eigenvalue weighted by atomic mass is 9.86. The van der Waals surface area contributed by atoms with Gasteiger partial charge in [0.2, 0.25) is 0 Å². The molecule has 0 saturated heterocycles. The fraction of sp³-hybridized carbons (Fsp3) is 0.429. The van der Waals surface area contributed by atoms with E-state index in [1.165, 1.54) is 19.2 Å². The third-order valence-electron chi connectivity index (χ3n) is 2.80. The lowest BCUT2D eigenvalue weighted by Crippen LogP contribution is -2.49. The van der Waals surface area contributed by atoms with E-state index in [0.29, 0.717) is 10.8 Å². The molecular formula is C14H18ClNO4. The van der Waals surface area contributed by atoms with Crippen molar-refractivity contribution in [1.29, 1.82) is 0 Å². The molecule has 20 heavy (non-hydrogen) atoms. The van der Waals surface area contributed by atoms with Gasteiger partial charge in [0.25, 0.3) is 5.91 Å². The van der Waals surface area contributed by atoms with Crippen LogP contribution in [0.2, 0.25) is 5.02 Å². The van der Waals surface area contributed by atoms with E-state index in [4.69, 9.17) is 16.3 Å². The van der Waals surface area contributed by atoms with Crippen molar-refractivity contribution < 1.29 is 19.4 Å². The van der Waals surface area contributed by atoms with Crippen LogP contribution in [0.15, 0.2) is 18.2 Å². The summed E-state index contributed by atoms with van der Waals surface area (Å²) in [6, 6.07) is 3.54. The molecule has 1 amide bonds. The highest BCUT2D eigenvalue weighted by molar-refractivity contribution is 6.30. The summed E-state index contributed by atoms with van der Waals surface area (Å²) in [6.45, 7) is 5.22. The van der Waals surface area contributed by atoms with Crippen molar-refractivity contribution in [2.45, 2.75) is 26.8 Å². The SMILES string of the molecule is COc1cc(Cl)ccc1C(=O)N[C@@H](C(=O)O)C(C)(C)C. The Balaban J connectivity index is 3.04. The third-order valence-corrected chi connectivity index (χ3v) is 3.03. The van der Waals surface area contributed by atoms with Gasteiger partial charge in [-0.3, -0.25) is 4.79 Å². The van der Waals surface area contributed by atoms with Crippen LogP contribution in [0, 0.1) is 5.41 Å². The summed E-state index contributed by atoms with van der Waals surface area (Å²) in [5.41, 5.74) is -0.367. The number of nitrogens with one attached hydrogen (secondary N) is 1. The first-order chi connectivity index (χ1) is 9.16. The third kappa shape index (κ3) is 3.87. The van der Waals surface area contributed by atoms with E-state index in [1.807, 2.05) is 0 Å². The fourth-order valence-electron chi connectivity index (χ4n) is 1.71. The number of carboxylic acid groups (broad SMARTS) is 1. The number of carboxylic acids is 1. The molecule has 2 N–H and O–H groups in total. The molecule has 110 valence electrons. The van der Waals surface area contributed by atoms with Crippen molar-refractivity contribution in [2.75, 3.05) is 7.11 Å². The van der Waals surface area contributed by atoms with Gasteiger partial charge in [0.1, 0.15) is 11.8 Å². The number of amides is 1. The van der Waals surface area contributed by atoms with Gasteiger partial charge in [0, 0.05) is 5.02 Å². The molecule has 0 bridgehead atoms. The first-order valence-electron chi connectivity index (χ1n) is 6.04. The molecule has 0 heterocycles. The van der Waals surface area contributed by atoms with Crippen molar-refractivity contribution in [2.24, 2.45) is 5.41 Å². The molecule has 0 unspecified atom stereocenters. The topological polar surface area (TPSA) is 75.6 Å². The maximum absolute atomic E-state index is 12.2. The number of benzene rings is 1. The van der Waals surface area contributed by atoms with E-state index in [0.717, 1.165) is 0 Å². The van der Waals surface area contributed by atoms with Crippen molar-refractivity contribution in [1.82, 2.24) is 5.32 Å². The lowest BCUT2D eigenvalue weighted by Gasteiger charge is -2.28. The normalized spacial score (nSPS) is 12.7. The quantitative estimate of drug-likeness (QED) is 0.896. The predicted molar refractivity (Wildman–Crippen MR) is 76.3 cm³/mol. The minimum atomic E-state index is -1.08. The zero-order chi connectivity index (χ0) is 15.5. The van der Waals surface area contributed by atoms with Crippen LogP contribution in [0.25, 0.3) is 0 Å². The molecule has 1 rings (SSSR count). The minimum Gasteiger partial charge on any atom is -0.496 e. The summed E-state index contributed by atoms with van der Waals surface area (Å²) >= 11 is 5.82. The predicted octanol–water partition coefficient (Wildman–Crippen LogP) is 2.58. The lowest BCUT2D eigenvalue weighted by molar-refractivity contribution is -0.142. The molecule has 1 atom stereocenters. The summed E-state index contributed by atoms with van der Waals surface area (Å²) in [5, 5.41) is 12.1. The number of rotatable bonds is 4. The van der Waals surface area contributed by atoms with Crippen LogP contribution in [0.5, 0.6) is 5.75 Å². The molecule has 0 aromatic heterocycles. The van der Waals surface area contributed by atoms with Crippen molar-refractivity contribution in [3.05, 3.63) is 28.8 Å². The van der Waals surface area contributed by atoms with Crippen molar-refractivity contribution in [3.63, 3.8) is 0 Å². The smallest absolute Gasteiger partial charge is 0.326 e. The summed E-state index contributed by atoms with van der Waals surface area (Å²) in [7, 11) is 1.42. The first-order valence-corrected chi connectivity index (χ1v) is 6.42. The summed E-state index contributed by atoms with van der Waals surface area (Å²) in [4.78, 5) is 23.5. The summed E-state index contributed by atoms with van der Waals surface area (Å²) in [5.74, 6) is -1.30. The number of methoxy groups -OCH3 is 1. The zero-order valence-electron chi connectivity index (χ0n) is 11.9. The first kappa shape index (κ1) is 16.3. The number of ether oxygens (including phenoxy) is 1. The van der Waals surface area contributed by atoms with Crippen molar-refractivity contribution >= 4 is 23.5 Å². The Kier molecular flexibility index (Phi) is 5.00. The number of halogens is 1. The molecule has 1 aromatic rings. The Morgan fingerprint density at radius 3 is 2.40 bits per heavy atom. The van der Waals surface area contributed by atoms with E-state index in [1.54, 1.807) is 26.8 Å². The van der Waals surface area contributed by atoms with Crippen LogP contribution in [-0.2, 0) is 4.79 Å². The van der Waals surface area contributed by atoms with Crippen LogP contribution in [0.4, 0.5) is 0 Å². The van der Waals surface area contributed by atoms with Crippen LogP contribution >= 0.6 is 11.6 Å². The zero-order valence-corrected chi connectivity index (χ0v) is 12.6. The molecule has 0 saturated carbocycles. The Morgan fingerprint density at radius 1 is 1.35 bits per heavy atom. The molecule has 0 fully saturated rings. The number of aliphatic carboxylic acids is 1. The van der Waals surface area contributed by atoms with Crippen LogP contribution < -0.4 is 10.1 Å². The number of carbonyl (C=O) groups is 2. The molecule has 0 aliphatic carbocycles. The molecule has 0 spiro atoms. The van der Waals surface area contributed by atoms with Crippen LogP contribution in [0.3, 0.4) is 0 Å². The van der Waals surface area contributed by atoms with Gasteiger partial charge in [-0.05, 0) is 23.6 Å². The molecule has 6 heteroatoms. The minimum absolute atomic E-state index is 0.243. The fourth-order valence-corrected chi connectivity index (χ4v) is 1.87. The average molecular weight is 300 g/mol. The van der Waals surface area contributed by atoms with E-state index >= 15 is 0 Å². The van der Waals surface area contributed by atoms with Gasteiger partial charge in [-0.25, -0.2) is 4.79 Å². The highest BCUT2D eigenvalue weighted by Gasteiger charge is 2.33. The van der Waals surface area contributed by atoms with Gasteiger partial charge in [-0.1, -0.05) is 32.4 Å². The number of hydrogen-bond acceptors (Lipinski definition) is 3. The standard InChI is InChI=1S/C14H18ClNO4/c1-14(2,3)11(13(18)19)16-12(17)9-6-5-8(15)7-10(9)20-4/h5-7,11H,1-4H3,(H,16,17)(H,18,19)/t11-/m0/s1. The largest absolute Gasteiger partial charge is 0.496 e. The average Bonchev–Trinajstić information content (AvgIpc) is 2.33. The van der Waals surface area contributed by atoms with Crippen LogP contribution in [-0.4, -0.2) is 30.1 Å². The second kappa shape index (κ2) is 6.13. The van der Waals surface area contributed by atoms with E-state index < -0.39 is 23.3 Å². The van der Waals surface area contributed by atoms with Gasteiger partial charge in [-0.15, -0.1) is 0 Å². The number of carbonyl (C=O) groups excluding carboxylic acids is 1.